The molecule has 0 aliphatic carbocycles. The molecule has 4 rings (SSSR count). The molecule has 5 heteroatoms. The van der Waals surface area contributed by atoms with Gasteiger partial charge in [-0.05, 0) is 30.5 Å². The van der Waals surface area contributed by atoms with Crippen molar-refractivity contribution in [1.82, 2.24) is 0 Å². The smallest absolute Gasteiger partial charge is 0.212 e. The van der Waals surface area contributed by atoms with E-state index in [0.29, 0.717) is 0 Å². The van der Waals surface area contributed by atoms with Crippen LogP contribution in [0, 0.1) is 0 Å². The van der Waals surface area contributed by atoms with E-state index in [1.54, 1.807) is 5.01 Å². The minimum atomic E-state index is 0.256. The van der Waals surface area contributed by atoms with Crippen molar-refractivity contribution in [2.45, 2.75) is 12.8 Å². The van der Waals surface area contributed by atoms with Crippen LogP contribution in [-0.2, 0) is 13.5 Å². The fourth-order valence-corrected chi connectivity index (χ4v) is 3.76. The highest BCUT2D eigenvalue weighted by molar-refractivity contribution is 5.97. The normalized spacial score (nSPS) is 14.0. The Balaban J connectivity index is 1.67. The standard InChI is InChI=1S/C22H24N4O/c1-24-11-6-7-16-13-21(22(27)14-20(16)24)26(3)23-15-17-10-12-25(2)19-9-5-4-8-18(17)19/h4-5,8-10,12-15H,6-7,11H2,1-3H3/p+1. The molecule has 2 heterocycles. The van der Waals surface area contributed by atoms with Gasteiger partial charge >= 0.3 is 0 Å². The predicted molar refractivity (Wildman–Crippen MR) is 111 cm³/mol. The lowest BCUT2D eigenvalue weighted by Gasteiger charge is -2.29. The Hall–Kier alpha value is -3.08. The number of aromatic nitrogens is 1. The highest BCUT2D eigenvalue weighted by Gasteiger charge is 2.18. The average Bonchev–Trinajstić information content (AvgIpc) is 2.68. The van der Waals surface area contributed by atoms with Gasteiger partial charge in [0.2, 0.25) is 5.52 Å². The van der Waals surface area contributed by atoms with Crippen LogP contribution in [0.3, 0.4) is 0 Å². The fourth-order valence-electron chi connectivity index (χ4n) is 3.76. The van der Waals surface area contributed by atoms with Crippen molar-refractivity contribution in [3.63, 3.8) is 0 Å². The van der Waals surface area contributed by atoms with Gasteiger partial charge in [0, 0.05) is 50.1 Å². The number of phenolic OH excluding ortho intramolecular Hbond substituents is 1. The summed E-state index contributed by atoms with van der Waals surface area (Å²) in [6.07, 6.45) is 6.06. The third-order valence-electron chi connectivity index (χ3n) is 5.32. The van der Waals surface area contributed by atoms with Crippen LogP contribution in [0.25, 0.3) is 10.9 Å². The largest absolute Gasteiger partial charge is 0.506 e. The fraction of sp³-hybridized carbons (Fsp3) is 0.273. The van der Waals surface area contributed by atoms with E-state index in [2.05, 4.69) is 45.9 Å². The van der Waals surface area contributed by atoms with Gasteiger partial charge in [-0.15, -0.1) is 0 Å². The Morgan fingerprint density at radius 1 is 1.22 bits per heavy atom. The van der Waals surface area contributed by atoms with Crippen LogP contribution in [-0.4, -0.2) is 32.0 Å². The van der Waals surface area contributed by atoms with Gasteiger partial charge in [-0.2, -0.15) is 5.10 Å². The van der Waals surface area contributed by atoms with Gasteiger partial charge in [-0.25, -0.2) is 4.57 Å². The summed E-state index contributed by atoms with van der Waals surface area (Å²) in [5.74, 6) is 0.256. The van der Waals surface area contributed by atoms with Crippen LogP contribution in [0.4, 0.5) is 11.4 Å². The SMILES string of the molecule is CN1CCCc2cc(N(C)/N=C/c3cc[n+](C)c4ccccc34)c(O)cc21. The van der Waals surface area contributed by atoms with E-state index in [0.717, 1.165) is 47.2 Å². The number of benzene rings is 2. The number of hydrazone groups is 1. The number of hydrogen-bond donors (Lipinski definition) is 1. The van der Waals surface area contributed by atoms with Crippen molar-refractivity contribution in [2.75, 3.05) is 30.5 Å². The first kappa shape index (κ1) is 17.3. The van der Waals surface area contributed by atoms with Gasteiger partial charge in [-0.3, -0.25) is 5.01 Å². The number of nitrogens with zero attached hydrogens (tertiary/aromatic N) is 4. The Morgan fingerprint density at radius 2 is 2.04 bits per heavy atom. The lowest BCUT2D eigenvalue weighted by molar-refractivity contribution is -0.644. The van der Waals surface area contributed by atoms with Crippen molar-refractivity contribution in [3.8, 4) is 5.75 Å². The van der Waals surface area contributed by atoms with Gasteiger partial charge in [0.05, 0.1) is 11.6 Å². The molecule has 0 saturated carbocycles. The Bertz CT molecular complexity index is 1030. The number of anilines is 2. The Morgan fingerprint density at radius 3 is 2.89 bits per heavy atom. The molecule has 0 saturated heterocycles. The van der Waals surface area contributed by atoms with E-state index in [9.17, 15) is 5.11 Å². The lowest BCUT2D eigenvalue weighted by atomic mass is 10.0. The molecule has 27 heavy (non-hydrogen) atoms. The second-order valence-corrected chi connectivity index (χ2v) is 7.16. The minimum Gasteiger partial charge on any atom is -0.506 e. The number of pyridine rings is 1. The molecule has 5 nitrogen and oxygen atoms in total. The van der Waals surface area contributed by atoms with Crippen LogP contribution in [0.1, 0.15) is 17.5 Å². The molecule has 3 aromatic rings. The first-order valence-electron chi connectivity index (χ1n) is 9.26. The van der Waals surface area contributed by atoms with Crippen LogP contribution < -0.4 is 14.5 Å². The van der Waals surface area contributed by atoms with E-state index >= 15 is 0 Å². The van der Waals surface area contributed by atoms with Crippen molar-refractivity contribution in [2.24, 2.45) is 12.1 Å². The molecule has 1 aromatic heterocycles. The first-order chi connectivity index (χ1) is 13.0. The maximum atomic E-state index is 10.5. The summed E-state index contributed by atoms with van der Waals surface area (Å²) in [6.45, 7) is 1.03. The summed E-state index contributed by atoms with van der Waals surface area (Å²) in [6, 6.07) is 14.2. The van der Waals surface area contributed by atoms with Crippen molar-refractivity contribution >= 4 is 28.5 Å². The molecule has 1 aliphatic rings. The minimum absolute atomic E-state index is 0.256. The first-order valence-corrected chi connectivity index (χ1v) is 9.26. The summed E-state index contributed by atoms with van der Waals surface area (Å²) in [5.41, 5.74) is 5.31. The molecule has 0 spiro atoms. The zero-order chi connectivity index (χ0) is 19.0. The molecule has 1 N–H and O–H groups in total. The molecule has 0 bridgehead atoms. The molecule has 0 fully saturated rings. The molecule has 0 unspecified atom stereocenters. The van der Waals surface area contributed by atoms with Crippen LogP contribution >= 0.6 is 0 Å². The summed E-state index contributed by atoms with van der Waals surface area (Å²) in [7, 11) is 5.98. The summed E-state index contributed by atoms with van der Waals surface area (Å²) in [5, 5.41) is 18.0. The van der Waals surface area contributed by atoms with E-state index in [-0.39, 0.29) is 5.75 Å². The van der Waals surface area contributed by atoms with Gasteiger partial charge in [0.1, 0.15) is 18.5 Å². The number of fused-ring (bicyclic) bond motifs is 2. The molecular formula is C22H25N4O+. The second-order valence-electron chi connectivity index (χ2n) is 7.16. The molecule has 138 valence electrons. The zero-order valence-corrected chi connectivity index (χ0v) is 16.1. The lowest BCUT2D eigenvalue weighted by Crippen LogP contribution is -2.28. The van der Waals surface area contributed by atoms with Crippen LogP contribution in [0.2, 0.25) is 0 Å². The third kappa shape index (κ3) is 3.21. The number of rotatable bonds is 3. The van der Waals surface area contributed by atoms with Crippen molar-refractivity contribution in [1.29, 1.82) is 0 Å². The molecule has 2 aromatic carbocycles. The maximum Gasteiger partial charge on any atom is 0.212 e. The van der Waals surface area contributed by atoms with Crippen molar-refractivity contribution in [3.05, 3.63) is 59.8 Å². The zero-order valence-electron chi connectivity index (χ0n) is 16.1. The maximum absolute atomic E-state index is 10.5. The monoisotopic (exact) mass is 361 g/mol. The summed E-state index contributed by atoms with van der Waals surface area (Å²) >= 11 is 0. The van der Waals surface area contributed by atoms with E-state index in [4.69, 9.17) is 0 Å². The number of phenols is 1. The molecule has 0 radical (unpaired) electrons. The highest BCUT2D eigenvalue weighted by atomic mass is 16.3. The highest BCUT2D eigenvalue weighted by Crippen LogP contribution is 2.37. The van der Waals surface area contributed by atoms with Gasteiger partial charge in [0.15, 0.2) is 6.20 Å². The van der Waals surface area contributed by atoms with E-state index in [1.807, 2.05) is 44.7 Å². The Labute approximate surface area is 159 Å². The number of aryl methyl sites for hydroxylation is 2. The molecular weight excluding hydrogens is 336 g/mol. The molecule has 0 amide bonds. The van der Waals surface area contributed by atoms with E-state index < -0.39 is 0 Å². The number of hydrogen-bond acceptors (Lipinski definition) is 4. The van der Waals surface area contributed by atoms with Gasteiger partial charge in [0.25, 0.3) is 0 Å². The summed E-state index contributed by atoms with van der Waals surface area (Å²) < 4.78 is 2.10. The van der Waals surface area contributed by atoms with Gasteiger partial charge < -0.3 is 10.0 Å². The predicted octanol–water partition coefficient (Wildman–Crippen LogP) is 3.22. The quantitative estimate of drug-likeness (QED) is 0.442. The van der Waals surface area contributed by atoms with Crippen LogP contribution in [0.5, 0.6) is 5.75 Å². The third-order valence-corrected chi connectivity index (χ3v) is 5.32. The topological polar surface area (TPSA) is 43.0 Å². The van der Waals surface area contributed by atoms with Crippen LogP contribution in [0.15, 0.2) is 53.8 Å². The van der Waals surface area contributed by atoms with Crippen molar-refractivity contribution < 1.29 is 9.67 Å². The average molecular weight is 361 g/mol. The molecule has 1 aliphatic heterocycles. The Kier molecular flexibility index (Phi) is 4.44. The molecule has 0 atom stereocenters. The summed E-state index contributed by atoms with van der Waals surface area (Å²) in [4.78, 5) is 2.20. The van der Waals surface area contributed by atoms with E-state index in [1.165, 1.54) is 5.56 Å². The number of para-hydroxylation sites is 1. The second kappa shape index (κ2) is 6.91. The number of aromatic hydroxyl groups is 1. The van der Waals surface area contributed by atoms with Gasteiger partial charge in [-0.1, -0.05) is 12.1 Å².